The Bertz CT molecular complexity index is 591. The molecular weight excluding hydrogens is 308 g/mol. The quantitative estimate of drug-likeness (QED) is 0.822. The number of sulfonamides is 1. The zero-order chi connectivity index (χ0) is 15.3. The summed E-state index contributed by atoms with van der Waals surface area (Å²) in [6, 6.07) is 3.54. The third-order valence-electron chi connectivity index (χ3n) is 3.26. The van der Waals surface area contributed by atoms with Gasteiger partial charge in [-0.2, -0.15) is 4.31 Å². The fraction of sp³-hybridized carbons (Fsp3) is 0.615. The minimum Gasteiger partial charge on any atom is -0.356 e. The number of thiophene rings is 1. The van der Waals surface area contributed by atoms with Crippen LogP contribution in [0.4, 0.5) is 0 Å². The molecule has 0 bridgehead atoms. The van der Waals surface area contributed by atoms with E-state index in [9.17, 15) is 8.42 Å². The molecule has 1 aromatic heterocycles. The van der Waals surface area contributed by atoms with Crippen LogP contribution in [-0.2, 0) is 16.6 Å². The lowest BCUT2D eigenvalue weighted by atomic mass is 10.4. The average molecular weight is 330 g/mol. The summed E-state index contributed by atoms with van der Waals surface area (Å²) in [5, 5.41) is 6.38. The first kappa shape index (κ1) is 16.3. The zero-order valence-electron chi connectivity index (χ0n) is 12.4. The molecule has 0 saturated heterocycles. The molecule has 6 nitrogen and oxygen atoms in total. The van der Waals surface area contributed by atoms with Gasteiger partial charge < -0.3 is 10.6 Å². The second-order valence-corrected chi connectivity index (χ2v) is 8.01. The predicted octanol–water partition coefficient (Wildman–Crippen LogP) is 1.22. The highest BCUT2D eigenvalue weighted by atomic mass is 32.2. The van der Waals surface area contributed by atoms with E-state index in [0.29, 0.717) is 23.8 Å². The Labute approximate surface area is 130 Å². The summed E-state index contributed by atoms with van der Waals surface area (Å²) < 4.78 is 26.7. The molecule has 2 N–H and O–H groups in total. The summed E-state index contributed by atoms with van der Waals surface area (Å²) in [6.07, 6.45) is 1.05. The maximum Gasteiger partial charge on any atom is 0.252 e. The molecule has 0 fully saturated rings. The van der Waals surface area contributed by atoms with Crippen LogP contribution in [0.5, 0.6) is 0 Å². The van der Waals surface area contributed by atoms with Crippen molar-refractivity contribution in [1.29, 1.82) is 0 Å². The van der Waals surface area contributed by atoms with Crippen LogP contribution in [0.3, 0.4) is 0 Å². The Balaban J connectivity index is 2.02. The van der Waals surface area contributed by atoms with Gasteiger partial charge in [-0.05, 0) is 18.6 Å². The van der Waals surface area contributed by atoms with Gasteiger partial charge in [-0.3, -0.25) is 4.99 Å². The fourth-order valence-corrected chi connectivity index (χ4v) is 5.01. The number of nitrogens with one attached hydrogen (secondary N) is 2. The summed E-state index contributed by atoms with van der Waals surface area (Å²) in [6.45, 7) is 7.04. The summed E-state index contributed by atoms with van der Waals surface area (Å²) in [5.41, 5.74) is 0. The molecule has 21 heavy (non-hydrogen) atoms. The van der Waals surface area contributed by atoms with E-state index in [4.69, 9.17) is 0 Å². The lowest BCUT2D eigenvalue weighted by Gasteiger charge is -2.17. The van der Waals surface area contributed by atoms with Crippen molar-refractivity contribution in [3.8, 4) is 0 Å². The second-order valence-electron chi connectivity index (χ2n) is 4.67. The standard InChI is InChI=1S/C13H22N4O2S2/c1-3-17(4-2)21(18,19)12-7-6-11(20-12)10-16-13-14-8-5-9-15-13/h6-7H,3-5,8-10H2,1-2H3,(H2,14,15,16). The summed E-state index contributed by atoms with van der Waals surface area (Å²) in [7, 11) is -3.35. The van der Waals surface area contributed by atoms with Gasteiger partial charge >= 0.3 is 0 Å². The number of aliphatic imine (C=N–C) groups is 1. The average Bonchev–Trinajstić information content (AvgIpc) is 2.97. The van der Waals surface area contributed by atoms with Crippen LogP contribution in [0.15, 0.2) is 21.3 Å². The van der Waals surface area contributed by atoms with Crippen molar-refractivity contribution < 1.29 is 8.42 Å². The normalized spacial score (nSPS) is 15.7. The highest BCUT2D eigenvalue weighted by Gasteiger charge is 2.23. The largest absolute Gasteiger partial charge is 0.356 e. The van der Waals surface area contributed by atoms with E-state index in [2.05, 4.69) is 15.6 Å². The first-order chi connectivity index (χ1) is 10.1. The topological polar surface area (TPSA) is 73.8 Å². The van der Waals surface area contributed by atoms with E-state index in [0.717, 1.165) is 30.3 Å². The van der Waals surface area contributed by atoms with Gasteiger partial charge in [0.25, 0.3) is 10.0 Å². The Morgan fingerprint density at radius 2 is 2.14 bits per heavy atom. The predicted molar refractivity (Wildman–Crippen MR) is 86.2 cm³/mol. The van der Waals surface area contributed by atoms with Gasteiger partial charge in [0.1, 0.15) is 4.21 Å². The maximum absolute atomic E-state index is 12.4. The molecule has 0 spiro atoms. The number of rotatable bonds is 6. The molecule has 0 saturated carbocycles. The first-order valence-electron chi connectivity index (χ1n) is 7.19. The van der Waals surface area contributed by atoms with Crippen molar-refractivity contribution in [3.05, 3.63) is 17.0 Å². The fourth-order valence-electron chi connectivity index (χ4n) is 2.10. The molecule has 2 heterocycles. The van der Waals surface area contributed by atoms with E-state index in [1.807, 2.05) is 19.9 Å². The van der Waals surface area contributed by atoms with E-state index in [1.165, 1.54) is 15.6 Å². The van der Waals surface area contributed by atoms with Gasteiger partial charge in [0, 0.05) is 31.1 Å². The highest BCUT2D eigenvalue weighted by molar-refractivity contribution is 7.91. The molecule has 0 atom stereocenters. The summed E-state index contributed by atoms with van der Waals surface area (Å²) in [5.74, 6) is 0.794. The number of nitrogens with zero attached hydrogens (tertiary/aromatic N) is 2. The van der Waals surface area contributed by atoms with Crippen LogP contribution in [-0.4, -0.2) is 44.9 Å². The Hall–Kier alpha value is -1.12. The molecule has 2 rings (SSSR count). The van der Waals surface area contributed by atoms with Crippen LogP contribution in [0.2, 0.25) is 0 Å². The molecule has 0 aliphatic carbocycles. The van der Waals surface area contributed by atoms with Crippen molar-refractivity contribution >= 4 is 27.3 Å². The van der Waals surface area contributed by atoms with Crippen molar-refractivity contribution in [2.24, 2.45) is 4.99 Å². The Morgan fingerprint density at radius 1 is 1.38 bits per heavy atom. The van der Waals surface area contributed by atoms with E-state index in [1.54, 1.807) is 6.07 Å². The van der Waals surface area contributed by atoms with Crippen LogP contribution in [0, 0.1) is 0 Å². The van der Waals surface area contributed by atoms with E-state index in [-0.39, 0.29) is 0 Å². The number of hydrogen-bond donors (Lipinski definition) is 2. The molecule has 8 heteroatoms. The molecule has 118 valence electrons. The first-order valence-corrected chi connectivity index (χ1v) is 9.44. The molecule has 1 aliphatic heterocycles. The van der Waals surface area contributed by atoms with Gasteiger partial charge in [-0.25, -0.2) is 8.42 Å². The molecule has 1 aliphatic rings. The summed E-state index contributed by atoms with van der Waals surface area (Å²) in [4.78, 5) is 5.31. The Morgan fingerprint density at radius 3 is 2.76 bits per heavy atom. The van der Waals surface area contributed by atoms with Gasteiger partial charge in [-0.1, -0.05) is 13.8 Å². The molecule has 0 unspecified atom stereocenters. The molecule has 0 aromatic carbocycles. The van der Waals surface area contributed by atoms with E-state index >= 15 is 0 Å². The molecular formula is C13H22N4O2S2. The SMILES string of the molecule is CCN(CC)S(=O)(=O)c1ccc(CNC2=NCCCN2)s1. The number of hydrogen-bond acceptors (Lipinski definition) is 6. The van der Waals surface area contributed by atoms with Crippen LogP contribution >= 0.6 is 11.3 Å². The van der Waals surface area contributed by atoms with Crippen LogP contribution in [0.1, 0.15) is 25.1 Å². The van der Waals surface area contributed by atoms with Gasteiger partial charge in [-0.15, -0.1) is 11.3 Å². The monoisotopic (exact) mass is 330 g/mol. The van der Waals surface area contributed by atoms with E-state index < -0.39 is 10.0 Å². The van der Waals surface area contributed by atoms with Gasteiger partial charge in [0.2, 0.25) is 0 Å². The minimum absolute atomic E-state index is 0.404. The Kier molecular flexibility index (Phi) is 5.60. The summed E-state index contributed by atoms with van der Waals surface area (Å²) >= 11 is 1.31. The lowest BCUT2D eigenvalue weighted by Crippen LogP contribution is -2.40. The number of guanidine groups is 1. The molecule has 0 amide bonds. The highest BCUT2D eigenvalue weighted by Crippen LogP contribution is 2.24. The molecule has 1 aromatic rings. The third kappa shape index (κ3) is 3.96. The van der Waals surface area contributed by atoms with Crippen LogP contribution < -0.4 is 10.6 Å². The zero-order valence-corrected chi connectivity index (χ0v) is 14.1. The molecule has 0 radical (unpaired) electrons. The van der Waals surface area contributed by atoms with Gasteiger partial charge in [0.05, 0.1) is 6.54 Å². The van der Waals surface area contributed by atoms with Crippen molar-refractivity contribution in [2.75, 3.05) is 26.2 Å². The van der Waals surface area contributed by atoms with Gasteiger partial charge in [0.15, 0.2) is 5.96 Å². The lowest BCUT2D eigenvalue weighted by molar-refractivity contribution is 0.447. The second kappa shape index (κ2) is 7.24. The maximum atomic E-state index is 12.4. The van der Waals surface area contributed by atoms with Crippen LogP contribution in [0.25, 0.3) is 0 Å². The minimum atomic E-state index is -3.35. The van der Waals surface area contributed by atoms with Crippen molar-refractivity contribution in [3.63, 3.8) is 0 Å². The van der Waals surface area contributed by atoms with Crippen molar-refractivity contribution in [2.45, 2.75) is 31.0 Å². The third-order valence-corrected chi connectivity index (χ3v) is 6.87. The smallest absolute Gasteiger partial charge is 0.252 e. The van der Waals surface area contributed by atoms with Crippen molar-refractivity contribution in [1.82, 2.24) is 14.9 Å².